The SMILES string of the molecule is Cc1ccc(C(C)C)c(Oc2ccc([C@H](C)N)cn2)c1. The van der Waals surface area contributed by atoms with Crippen LogP contribution < -0.4 is 10.5 Å². The number of hydrogen-bond donors (Lipinski definition) is 1. The molecule has 0 aliphatic heterocycles. The summed E-state index contributed by atoms with van der Waals surface area (Å²) in [7, 11) is 0. The number of ether oxygens (including phenoxy) is 1. The number of aromatic nitrogens is 1. The van der Waals surface area contributed by atoms with E-state index in [0.717, 1.165) is 11.3 Å². The number of aryl methyl sites for hydroxylation is 1. The summed E-state index contributed by atoms with van der Waals surface area (Å²) in [5.74, 6) is 1.89. The quantitative estimate of drug-likeness (QED) is 0.899. The number of nitrogens with two attached hydrogens (primary N) is 1. The lowest BCUT2D eigenvalue weighted by molar-refractivity contribution is 0.453. The second kappa shape index (κ2) is 6.06. The van der Waals surface area contributed by atoms with Crippen molar-refractivity contribution in [1.82, 2.24) is 4.98 Å². The van der Waals surface area contributed by atoms with Crippen LogP contribution in [0.3, 0.4) is 0 Å². The maximum Gasteiger partial charge on any atom is 0.219 e. The van der Waals surface area contributed by atoms with E-state index in [4.69, 9.17) is 10.5 Å². The predicted octanol–water partition coefficient (Wildman–Crippen LogP) is 4.33. The molecule has 2 rings (SSSR count). The van der Waals surface area contributed by atoms with Gasteiger partial charge in [0.05, 0.1) is 0 Å². The first-order valence-electron chi connectivity index (χ1n) is 6.97. The molecule has 1 aromatic heterocycles. The third-order valence-corrected chi connectivity index (χ3v) is 3.29. The highest BCUT2D eigenvalue weighted by Crippen LogP contribution is 2.30. The van der Waals surface area contributed by atoms with Gasteiger partial charge in [0.2, 0.25) is 5.88 Å². The first kappa shape index (κ1) is 14.5. The van der Waals surface area contributed by atoms with Gasteiger partial charge in [0.25, 0.3) is 0 Å². The van der Waals surface area contributed by atoms with E-state index in [9.17, 15) is 0 Å². The van der Waals surface area contributed by atoms with Gasteiger partial charge in [-0.05, 0) is 42.5 Å². The lowest BCUT2D eigenvalue weighted by atomic mass is 10.0. The maximum atomic E-state index is 5.93. The van der Waals surface area contributed by atoms with Crippen molar-refractivity contribution in [3.05, 3.63) is 53.2 Å². The van der Waals surface area contributed by atoms with E-state index in [2.05, 4.69) is 44.0 Å². The molecule has 0 aliphatic carbocycles. The Balaban J connectivity index is 2.27. The Morgan fingerprint density at radius 3 is 2.40 bits per heavy atom. The van der Waals surface area contributed by atoms with E-state index in [0.29, 0.717) is 11.8 Å². The van der Waals surface area contributed by atoms with Crippen molar-refractivity contribution >= 4 is 0 Å². The van der Waals surface area contributed by atoms with Crippen LogP contribution in [0, 0.1) is 6.92 Å². The third-order valence-electron chi connectivity index (χ3n) is 3.29. The van der Waals surface area contributed by atoms with Crippen molar-refractivity contribution in [2.45, 2.75) is 39.7 Å². The lowest BCUT2D eigenvalue weighted by Gasteiger charge is -2.14. The standard InChI is InChI=1S/C17H22N2O/c1-11(2)15-7-5-12(3)9-16(15)20-17-8-6-14(10-19-17)13(4)18/h5-11,13H,18H2,1-4H3/t13-/m0/s1. The fourth-order valence-corrected chi connectivity index (χ4v) is 2.04. The van der Waals surface area contributed by atoms with Crippen molar-refractivity contribution in [3.8, 4) is 11.6 Å². The highest BCUT2D eigenvalue weighted by atomic mass is 16.5. The summed E-state index contributed by atoms with van der Waals surface area (Å²) in [6.45, 7) is 8.31. The van der Waals surface area contributed by atoms with Crippen LogP contribution in [-0.2, 0) is 0 Å². The van der Waals surface area contributed by atoms with Gasteiger partial charge in [0, 0.05) is 18.3 Å². The Hall–Kier alpha value is -1.87. The van der Waals surface area contributed by atoms with Crippen molar-refractivity contribution in [1.29, 1.82) is 0 Å². The molecular formula is C17H22N2O. The summed E-state index contributed by atoms with van der Waals surface area (Å²) in [6.07, 6.45) is 1.77. The van der Waals surface area contributed by atoms with Crippen LogP contribution in [0.2, 0.25) is 0 Å². The molecular weight excluding hydrogens is 248 g/mol. The van der Waals surface area contributed by atoms with Crippen LogP contribution in [0.1, 0.15) is 49.4 Å². The molecule has 3 nitrogen and oxygen atoms in total. The van der Waals surface area contributed by atoms with E-state index in [1.54, 1.807) is 6.20 Å². The molecule has 2 N–H and O–H groups in total. The van der Waals surface area contributed by atoms with E-state index < -0.39 is 0 Å². The number of nitrogens with zero attached hydrogens (tertiary/aromatic N) is 1. The normalized spacial score (nSPS) is 12.5. The largest absolute Gasteiger partial charge is 0.439 e. The minimum atomic E-state index is -0.0123. The molecule has 0 amide bonds. The predicted molar refractivity (Wildman–Crippen MR) is 82.2 cm³/mol. The summed E-state index contributed by atoms with van der Waals surface area (Å²) in [5.41, 5.74) is 9.19. The molecule has 3 heteroatoms. The van der Waals surface area contributed by atoms with Crippen LogP contribution in [0.4, 0.5) is 0 Å². The number of rotatable bonds is 4. The van der Waals surface area contributed by atoms with Gasteiger partial charge in [0.15, 0.2) is 0 Å². The molecule has 0 radical (unpaired) electrons. The van der Waals surface area contributed by atoms with Gasteiger partial charge < -0.3 is 10.5 Å². The first-order chi connectivity index (χ1) is 9.47. The van der Waals surface area contributed by atoms with E-state index >= 15 is 0 Å². The molecule has 2 aromatic rings. The van der Waals surface area contributed by atoms with Crippen LogP contribution in [0.5, 0.6) is 11.6 Å². The van der Waals surface area contributed by atoms with Crippen LogP contribution in [0.25, 0.3) is 0 Å². The van der Waals surface area contributed by atoms with Gasteiger partial charge >= 0.3 is 0 Å². The fourth-order valence-electron chi connectivity index (χ4n) is 2.04. The van der Waals surface area contributed by atoms with Crippen LogP contribution in [0.15, 0.2) is 36.5 Å². The summed E-state index contributed by atoms with van der Waals surface area (Å²) in [5, 5.41) is 0. The monoisotopic (exact) mass is 270 g/mol. The van der Waals surface area contributed by atoms with Crippen LogP contribution >= 0.6 is 0 Å². The topological polar surface area (TPSA) is 48.1 Å². The van der Waals surface area contributed by atoms with Crippen molar-refractivity contribution in [2.75, 3.05) is 0 Å². The number of hydrogen-bond acceptors (Lipinski definition) is 3. The molecule has 1 heterocycles. The Bertz CT molecular complexity index is 574. The summed E-state index contributed by atoms with van der Waals surface area (Å²) >= 11 is 0. The van der Waals surface area contributed by atoms with E-state index in [-0.39, 0.29) is 6.04 Å². The summed E-state index contributed by atoms with van der Waals surface area (Å²) < 4.78 is 5.93. The molecule has 0 saturated carbocycles. The maximum absolute atomic E-state index is 5.93. The third kappa shape index (κ3) is 3.36. The zero-order chi connectivity index (χ0) is 14.7. The molecule has 0 fully saturated rings. The van der Waals surface area contributed by atoms with Gasteiger partial charge in [-0.25, -0.2) is 4.98 Å². The second-order valence-electron chi connectivity index (χ2n) is 5.52. The smallest absolute Gasteiger partial charge is 0.219 e. The minimum Gasteiger partial charge on any atom is -0.439 e. The Kier molecular flexibility index (Phi) is 4.40. The zero-order valence-electron chi connectivity index (χ0n) is 12.6. The van der Waals surface area contributed by atoms with Crippen molar-refractivity contribution in [2.24, 2.45) is 5.73 Å². The summed E-state index contributed by atoms with van der Waals surface area (Å²) in [6, 6.07) is 10.1. The second-order valence-corrected chi connectivity index (χ2v) is 5.52. The van der Waals surface area contributed by atoms with Crippen molar-refractivity contribution in [3.63, 3.8) is 0 Å². The first-order valence-corrected chi connectivity index (χ1v) is 6.97. The van der Waals surface area contributed by atoms with Crippen molar-refractivity contribution < 1.29 is 4.74 Å². The highest BCUT2D eigenvalue weighted by molar-refractivity contribution is 5.41. The van der Waals surface area contributed by atoms with Gasteiger partial charge in [0.1, 0.15) is 5.75 Å². The molecule has 0 bridgehead atoms. The molecule has 20 heavy (non-hydrogen) atoms. The number of pyridine rings is 1. The van der Waals surface area contributed by atoms with Gasteiger partial charge in [-0.2, -0.15) is 0 Å². The zero-order valence-corrected chi connectivity index (χ0v) is 12.6. The molecule has 0 spiro atoms. The lowest BCUT2D eigenvalue weighted by Crippen LogP contribution is -2.05. The molecule has 1 aromatic carbocycles. The van der Waals surface area contributed by atoms with Crippen LogP contribution in [-0.4, -0.2) is 4.98 Å². The van der Waals surface area contributed by atoms with Gasteiger partial charge in [-0.3, -0.25) is 0 Å². The van der Waals surface area contributed by atoms with E-state index in [1.165, 1.54) is 11.1 Å². The molecule has 0 saturated heterocycles. The summed E-state index contributed by atoms with van der Waals surface area (Å²) in [4.78, 5) is 4.32. The number of benzene rings is 1. The average molecular weight is 270 g/mol. The van der Waals surface area contributed by atoms with Gasteiger partial charge in [-0.15, -0.1) is 0 Å². The van der Waals surface area contributed by atoms with Gasteiger partial charge in [-0.1, -0.05) is 32.0 Å². The highest BCUT2D eigenvalue weighted by Gasteiger charge is 2.10. The Labute approximate surface area is 120 Å². The molecule has 0 aliphatic rings. The minimum absolute atomic E-state index is 0.0123. The van der Waals surface area contributed by atoms with E-state index in [1.807, 2.05) is 19.1 Å². The average Bonchev–Trinajstić information content (AvgIpc) is 2.39. The Morgan fingerprint density at radius 1 is 1.10 bits per heavy atom. The molecule has 1 atom stereocenters. The Morgan fingerprint density at radius 2 is 1.85 bits per heavy atom. The fraction of sp³-hybridized carbons (Fsp3) is 0.353. The molecule has 0 unspecified atom stereocenters. The molecule has 106 valence electrons.